The van der Waals surface area contributed by atoms with Crippen molar-refractivity contribution in [1.29, 1.82) is 0 Å². The number of hydrogen-bond acceptors (Lipinski definition) is 5. The first kappa shape index (κ1) is 21.9. The molecule has 2 aliphatic heterocycles. The smallest absolute Gasteiger partial charge is 0.325 e. The van der Waals surface area contributed by atoms with Gasteiger partial charge in [-0.15, -0.1) is 0 Å². The standard InChI is InChI=1S/C25H27N5O4/c31-21(15-29-14-6-10-18-8-2-4-12-20(18)29)27-28-22(32)16-30-23(33)25(26-24(30)34)13-5-9-17-7-1-3-11-19(17)25/h1-4,7-8,11-12H,5-6,9-10,13-16H2,(H,26,34)(H,27,31)(H,28,32). The van der Waals surface area contributed by atoms with E-state index < -0.39 is 29.9 Å². The molecule has 1 aliphatic carbocycles. The van der Waals surface area contributed by atoms with E-state index in [0.29, 0.717) is 6.42 Å². The average molecular weight is 462 g/mol. The first-order chi connectivity index (χ1) is 16.5. The third kappa shape index (κ3) is 3.87. The summed E-state index contributed by atoms with van der Waals surface area (Å²) < 4.78 is 0. The summed E-state index contributed by atoms with van der Waals surface area (Å²) in [4.78, 5) is 53.7. The van der Waals surface area contributed by atoms with Gasteiger partial charge in [-0.1, -0.05) is 42.5 Å². The fraction of sp³-hybridized carbons (Fsp3) is 0.360. The van der Waals surface area contributed by atoms with E-state index in [1.807, 2.05) is 47.4 Å². The van der Waals surface area contributed by atoms with Gasteiger partial charge in [0.1, 0.15) is 12.1 Å². The highest BCUT2D eigenvalue weighted by Crippen LogP contribution is 2.39. The van der Waals surface area contributed by atoms with Crippen molar-refractivity contribution < 1.29 is 19.2 Å². The van der Waals surface area contributed by atoms with Gasteiger partial charge in [0.25, 0.3) is 17.7 Å². The second-order valence-electron chi connectivity index (χ2n) is 8.99. The zero-order valence-corrected chi connectivity index (χ0v) is 18.8. The Labute approximate surface area is 197 Å². The maximum absolute atomic E-state index is 13.3. The number of aryl methyl sites for hydroxylation is 2. The molecule has 1 spiro atoms. The van der Waals surface area contributed by atoms with Gasteiger partial charge < -0.3 is 10.2 Å². The first-order valence-corrected chi connectivity index (χ1v) is 11.6. The Kier molecular flexibility index (Phi) is 5.69. The number of hydrazine groups is 1. The lowest BCUT2D eigenvalue weighted by Crippen LogP contribution is -2.51. The van der Waals surface area contributed by atoms with E-state index in [9.17, 15) is 19.2 Å². The summed E-state index contributed by atoms with van der Waals surface area (Å²) in [5.41, 5.74) is 7.64. The predicted molar refractivity (Wildman–Crippen MR) is 125 cm³/mol. The number of benzene rings is 2. The van der Waals surface area contributed by atoms with Crippen LogP contribution in [0, 0.1) is 0 Å². The molecule has 1 saturated heterocycles. The lowest BCUT2D eigenvalue weighted by atomic mass is 9.76. The molecule has 1 fully saturated rings. The van der Waals surface area contributed by atoms with Gasteiger partial charge in [0, 0.05) is 12.2 Å². The molecular weight excluding hydrogens is 434 g/mol. The normalized spacial score (nSPS) is 21.1. The molecule has 5 amide bonds. The van der Waals surface area contributed by atoms with E-state index in [2.05, 4.69) is 22.2 Å². The summed E-state index contributed by atoms with van der Waals surface area (Å²) in [6, 6.07) is 14.9. The Balaban J connectivity index is 1.19. The van der Waals surface area contributed by atoms with Crippen molar-refractivity contribution in [3.8, 4) is 0 Å². The highest BCUT2D eigenvalue weighted by molar-refractivity contribution is 6.09. The summed E-state index contributed by atoms with van der Waals surface area (Å²) in [6.07, 6.45) is 4.02. The van der Waals surface area contributed by atoms with Crippen LogP contribution in [0.15, 0.2) is 48.5 Å². The van der Waals surface area contributed by atoms with Gasteiger partial charge in [-0.25, -0.2) is 4.79 Å². The van der Waals surface area contributed by atoms with Crippen LogP contribution in [-0.4, -0.2) is 48.3 Å². The number of amides is 5. The van der Waals surface area contributed by atoms with Gasteiger partial charge in [-0.2, -0.15) is 0 Å². The molecule has 1 atom stereocenters. The molecule has 9 nitrogen and oxygen atoms in total. The van der Waals surface area contributed by atoms with Crippen molar-refractivity contribution in [1.82, 2.24) is 21.1 Å². The number of fused-ring (bicyclic) bond motifs is 3. The Bertz CT molecular complexity index is 1170. The van der Waals surface area contributed by atoms with Crippen LogP contribution in [0.25, 0.3) is 0 Å². The second kappa shape index (κ2) is 8.81. The Hall–Kier alpha value is -3.88. The van der Waals surface area contributed by atoms with Gasteiger partial charge in [-0.05, 0) is 54.9 Å². The molecule has 34 heavy (non-hydrogen) atoms. The van der Waals surface area contributed by atoms with E-state index in [0.717, 1.165) is 53.9 Å². The highest BCUT2D eigenvalue weighted by atomic mass is 16.2. The molecule has 9 heteroatoms. The van der Waals surface area contributed by atoms with Gasteiger partial charge in [-0.3, -0.25) is 30.1 Å². The fourth-order valence-corrected chi connectivity index (χ4v) is 5.27. The van der Waals surface area contributed by atoms with E-state index >= 15 is 0 Å². The number of para-hydroxylation sites is 1. The number of anilines is 1. The van der Waals surface area contributed by atoms with Gasteiger partial charge in [0.05, 0.1) is 6.54 Å². The van der Waals surface area contributed by atoms with Crippen LogP contribution >= 0.6 is 0 Å². The number of carbonyl (C=O) groups excluding carboxylic acids is 4. The van der Waals surface area contributed by atoms with Crippen LogP contribution < -0.4 is 21.1 Å². The van der Waals surface area contributed by atoms with Crippen LogP contribution in [0.3, 0.4) is 0 Å². The molecule has 0 saturated carbocycles. The molecule has 2 aromatic rings. The largest absolute Gasteiger partial charge is 0.362 e. The lowest BCUT2D eigenvalue weighted by molar-refractivity contribution is -0.136. The van der Waals surface area contributed by atoms with E-state index in [-0.39, 0.29) is 12.5 Å². The Morgan fingerprint density at radius 2 is 1.56 bits per heavy atom. The molecule has 176 valence electrons. The summed E-state index contributed by atoms with van der Waals surface area (Å²) in [5, 5.41) is 2.82. The molecular formula is C25H27N5O4. The van der Waals surface area contributed by atoms with Crippen molar-refractivity contribution in [3.05, 3.63) is 65.2 Å². The minimum Gasteiger partial charge on any atom is -0.362 e. The van der Waals surface area contributed by atoms with Crippen molar-refractivity contribution >= 4 is 29.4 Å². The van der Waals surface area contributed by atoms with Crippen molar-refractivity contribution in [2.75, 3.05) is 24.5 Å². The van der Waals surface area contributed by atoms with Crippen LogP contribution in [0.5, 0.6) is 0 Å². The molecule has 2 aromatic carbocycles. The van der Waals surface area contributed by atoms with Crippen molar-refractivity contribution in [2.24, 2.45) is 0 Å². The molecule has 2 heterocycles. The van der Waals surface area contributed by atoms with Crippen molar-refractivity contribution in [3.63, 3.8) is 0 Å². The van der Waals surface area contributed by atoms with Crippen molar-refractivity contribution in [2.45, 2.75) is 37.6 Å². The topological polar surface area (TPSA) is 111 Å². The van der Waals surface area contributed by atoms with Crippen LogP contribution in [0.4, 0.5) is 10.5 Å². The average Bonchev–Trinajstić information content (AvgIpc) is 3.08. The maximum atomic E-state index is 13.3. The number of hydrogen-bond donors (Lipinski definition) is 3. The molecule has 3 aliphatic rings. The number of rotatable bonds is 4. The molecule has 3 N–H and O–H groups in total. The first-order valence-electron chi connectivity index (χ1n) is 11.6. The predicted octanol–water partition coefficient (Wildman–Crippen LogP) is 1.37. The number of carbonyl (C=O) groups is 4. The second-order valence-corrected chi connectivity index (χ2v) is 8.99. The number of imide groups is 1. The number of urea groups is 1. The van der Waals surface area contributed by atoms with Gasteiger partial charge in [0.2, 0.25) is 0 Å². The number of nitrogens with zero attached hydrogens (tertiary/aromatic N) is 2. The number of nitrogens with one attached hydrogen (secondary N) is 3. The molecule has 5 rings (SSSR count). The third-order valence-electron chi connectivity index (χ3n) is 6.83. The van der Waals surface area contributed by atoms with E-state index in [1.165, 1.54) is 5.56 Å². The summed E-state index contributed by atoms with van der Waals surface area (Å²) >= 11 is 0. The Morgan fingerprint density at radius 1 is 0.882 bits per heavy atom. The molecule has 0 radical (unpaired) electrons. The third-order valence-corrected chi connectivity index (χ3v) is 6.83. The zero-order chi connectivity index (χ0) is 23.7. The SMILES string of the molecule is O=C(CN1C(=O)NC2(CCCc3ccccc32)C1=O)NNC(=O)CN1CCCc2ccccc21. The summed E-state index contributed by atoms with van der Waals surface area (Å²) in [6.45, 7) is 0.381. The monoisotopic (exact) mass is 461 g/mol. The zero-order valence-electron chi connectivity index (χ0n) is 18.8. The molecule has 0 bridgehead atoms. The quantitative estimate of drug-likeness (QED) is 0.471. The van der Waals surface area contributed by atoms with E-state index in [1.54, 1.807) is 0 Å². The van der Waals surface area contributed by atoms with Gasteiger partial charge in [0.15, 0.2) is 0 Å². The Morgan fingerprint density at radius 3 is 2.38 bits per heavy atom. The highest BCUT2D eigenvalue weighted by Gasteiger charge is 2.54. The maximum Gasteiger partial charge on any atom is 0.325 e. The fourth-order valence-electron chi connectivity index (χ4n) is 5.27. The lowest BCUT2D eigenvalue weighted by Gasteiger charge is -2.33. The minimum absolute atomic E-state index is 0.0975. The molecule has 1 unspecified atom stereocenters. The van der Waals surface area contributed by atoms with E-state index in [4.69, 9.17) is 0 Å². The summed E-state index contributed by atoms with van der Waals surface area (Å²) in [5.74, 6) is -1.45. The minimum atomic E-state index is -1.13. The van der Waals surface area contributed by atoms with Gasteiger partial charge >= 0.3 is 6.03 Å². The summed E-state index contributed by atoms with van der Waals surface area (Å²) in [7, 11) is 0. The van der Waals surface area contributed by atoms with Crippen LogP contribution in [0.2, 0.25) is 0 Å². The van der Waals surface area contributed by atoms with Crippen LogP contribution in [-0.2, 0) is 32.8 Å². The molecule has 0 aromatic heterocycles. The van der Waals surface area contributed by atoms with Crippen LogP contribution in [0.1, 0.15) is 36.0 Å².